The zero-order valence-corrected chi connectivity index (χ0v) is 10.4. The van der Waals surface area contributed by atoms with Gasteiger partial charge in [-0.15, -0.1) is 0 Å². The summed E-state index contributed by atoms with van der Waals surface area (Å²) in [6.45, 7) is 8.23. The first-order valence-corrected chi connectivity index (χ1v) is 5.74. The highest BCUT2D eigenvalue weighted by atomic mass is 16.7. The second-order valence-electron chi connectivity index (χ2n) is 4.68. The summed E-state index contributed by atoms with van der Waals surface area (Å²) in [5, 5.41) is 0. The highest BCUT2D eigenvalue weighted by Crippen LogP contribution is 2.22. The van der Waals surface area contributed by atoms with Gasteiger partial charge in [0.05, 0.1) is 18.6 Å². The highest BCUT2D eigenvalue weighted by molar-refractivity contribution is 5.75. The Balaban J connectivity index is 2.31. The number of hydroxylamine groups is 1. The minimum atomic E-state index is -0.443. The SMILES string of the molecule is CNOC(=O)C(C)(C)CCN1CCOCC1. The molecule has 0 unspecified atom stereocenters. The fourth-order valence-corrected chi connectivity index (χ4v) is 1.60. The van der Waals surface area contributed by atoms with Gasteiger partial charge in [-0.05, 0) is 26.8 Å². The molecular formula is C11H22N2O3. The van der Waals surface area contributed by atoms with Crippen LogP contribution in [0.4, 0.5) is 0 Å². The Labute approximate surface area is 97.0 Å². The summed E-state index contributed by atoms with van der Waals surface area (Å²) in [5.74, 6) is -0.205. The van der Waals surface area contributed by atoms with E-state index in [0.717, 1.165) is 39.3 Å². The average Bonchev–Trinajstić information content (AvgIpc) is 2.28. The maximum absolute atomic E-state index is 11.6. The lowest BCUT2D eigenvalue weighted by Gasteiger charge is -2.30. The van der Waals surface area contributed by atoms with Gasteiger partial charge in [-0.2, -0.15) is 5.48 Å². The molecular weight excluding hydrogens is 208 g/mol. The fourth-order valence-electron chi connectivity index (χ4n) is 1.60. The van der Waals surface area contributed by atoms with E-state index in [1.54, 1.807) is 7.05 Å². The molecule has 1 N–H and O–H groups in total. The van der Waals surface area contributed by atoms with Crippen LogP contribution in [-0.2, 0) is 14.4 Å². The summed E-state index contributed by atoms with van der Waals surface area (Å²) >= 11 is 0. The Morgan fingerprint density at radius 1 is 1.44 bits per heavy atom. The number of ether oxygens (including phenoxy) is 1. The Kier molecular flexibility index (Phi) is 5.18. The summed E-state index contributed by atoms with van der Waals surface area (Å²) in [5.41, 5.74) is 1.99. The Morgan fingerprint density at radius 2 is 2.06 bits per heavy atom. The van der Waals surface area contributed by atoms with Gasteiger partial charge >= 0.3 is 5.97 Å². The van der Waals surface area contributed by atoms with Gasteiger partial charge in [0.15, 0.2) is 0 Å². The number of hydrogen-bond donors (Lipinski definition) is 1. The molecule has 16 heavy (non-hydrogen) atoms. The van der Waals surface area contributed by atoms with Crippen LogP contribution in [0.25, 0.3) is 0 Å². The van der Waals surface area contributed by atoms with Crippen molar-refractivity contribution in [1.82, 2.24) is 10.4 Å². The molecule has 0 aliphatic carbocycles. The number of carbonyl (C=O) groups is 1. The largest absolute Gasteiger partial charge is 0.379 e. The maximum Gasteiger partial charge on any atom is 0.330 e. The summed E-state index contributed by atoms with van der Waals surface area (Å²) < 4.78 is 5.27. The lowest BCUT2D eigenvalue weighted by atomic mass is 9.89. The van der Waals surface area contributed by atoms with Crippen LogP contribution in [-0.4, -0.2) is 50.8 Å². The molecule has 0 bridgehead atoms. The normalized spacial score (nSPS) is 18.4. The molecule has 0 radical (unpaired) electrons. The topological polar surface area (TPSA) is 50.8 Å². The van der Waals surface area contributed by atoms with Gasteiger partial charge in [0.2, 0.25) is 0 Å². The van der Waals surface area contributed by atoms with Crippen LogP contribution < -0.4 is 5.48 Å². The van der Waals surface area contributed by atoms with Gasteiger partial charge in [-0.1, -0.05) is 0 Å². The predicted octanol–water partition coefficient (Wildman–Crippen LogP) is 0.413. The van der Waals surface area contributed by atoms with Crippen molar-refractivity contribution in [2.75, 3.05) is 39.9 Å². The van der Waals surface area contributed by atoms with Crippen molar-refractivity contribution in [2.45, 2.75) is 20.3 Å². The van der Waals surface area contributed by atoms with Gasteiger partial charge in [0.1, 0.15) is 0 Å². The maximum atomic E-state index is 11.6. The number of carbonyl (C=O) groups excluding carboxylic acids is 1. The first-order chi connectivity index (χ1) is 7.56. The van der Waals surface area contributed by atoms with Crippen LogP contribution in [0.2, 0.25) is 0 Å². The number of morpholine rings is 1. The van der Waals surface area contributed by atoms with E-state index in [1.165, 1.54) is 0 Å². The first kappa shape index (κ1) is 13.4. The van der Waals surface area contributed by atoms with Crippen molar-refractivity contribution in [3.05, 3.63) is 0 Å². The molecule has 1 aliphatic heterocycles. The summed E-state index contributed by atoms with van der Waals surface area (Å²) in [6, 6.07) is 0. The van der Waals surface area contributed by atoms with E-state index >= 15 is 0 Å². The Bertz CT molecular complexity index is 225. The third kappa shape index (κ3) is 4.08. The van der Waals surface area contributed by atoms with Crippen molar-refractivity contribution < 1.29 is 14.4 Å². The third-order valence-electron chi connectivity index (χ3n) is 2.90. The number of hydrogen-bond acceptors (Lipinski definition) is 5. The minimum Gasteiger partial charge on any atom is -0.379 e. The van der Waals surface area contributed by atoms with Crippen molar-refractivity contribution in [2.24, 2.45) is 5.41 Å². The van der Waals surface area contributed by atoms with Crippen molar-refractivity contribution >= 4 is 5.97 Å². The van der Waals surface area contributed by atoms with Crippen LogP contribution in [0.3, 0.4) is 0 Å². The Morgan fingerprint density at radius 3 is 2.62 bits per heavy atom. The van der Waals surface area contributed by atoms with Crippen LogP contribution in [0.1, 0.15) is 20.3 Å². The summed E-state index contributed by atoms with van der Waals surface area (Å²) in [6.07, 6.45) is 0.799. The second kappa shape index (κ2) is 6.18. The smallest absolute Gasteiger partial charge is 0.330 e. The molecule has 1 saturated heterocycles. The molecule has 1 rings (SSSR count). The van der Waals surface area contributed by atoms with Crippen LogP contribution in [0.15, 0.2) is 0 Å². The van der Waals surface area contributed by atoms with E-state index in [4.69, 9.17) is 9.57 Å². The zero-order valence-electron chi connectivity index (χ0n) is 10.4. The Hall–Kier alpha value is -0.650. The van der Waals surface area contributed by atoms with E-state index in [9.17, 15) is 4.79 Å². The average molecular weight is 230 g/mol. The van der Waals surface area contributed by atoms with Crippen LogP contribution >= 0.6 is 0 Å². The van der Waals surface area contributed by atoms with Gasteiger partial charge in [0, 0.05) is 20.1 Å². The minimum absolute atomic E-state index is 0.205. The number of nitrogens with zero attached hydrogens (tertiary/aromatic N) is 1. The quantitative estimate of drug-likeness (QED) is 0.693. The molecule has 94 valence electrons. The molecule has 0 spiro atoms. The van der Waals surface area contributed by atoms with E-state index in [-0.39, 0.29) is 5.97 Å². The highest BCUT2D eigenvalue weighted by Gasteiger charge is 2.30. The number of rotatable bonds is 5. The summed E-state index contributed by atoms with van der Waals surface area (Å²) in [7, 11) is 1.59. The zero-order chi connectivity index (χ0) is 12.0. The predicted molar refractivity (Wildman–Crippen MR) is 60.8 cm³/mol. The molecule has 0 saturated carbocycles. The van der Waals surface area contributed by atoms with E-state index < -0.39 is 5.41 Å². The lowest BCUT2D eigenvalue weighted by Crippen LogP contribution is -2.40. The molecule has 0 aromatic carbocycles. The van der Waals surface area contributed by atoms with Crippen molar-refractivity contribution in [3.63, 3.8) is 0 Å². The molecule has 5 nitrogen and oxygen atoms in total. The van der Waals surface area contributed by atoms with Crippen LogP contribution in [0.5, 0.6) is 0 Å². The van der Waals surface area contributed by atoms with Gasteiger partial charge in [-0.3, -0.25) is 4.90 Å². The molecule has 0 amide bonds. The summed E-state index contributed by atoms with van der Waals surface area (Å²) in [4.78, 5) is 18.7. The van der Waals surface area contributed by atoms with Crippen molar-refractivity contribution in [1.29, 1.82) is 0 Å². The molecule has 1 aliphatic rings. The van der Waals surface area contributed by atoms with Gasteiger partial charge < -0.3 is 9.57 Å². The monoisotopic (exact) mass is 230 g/mol. The van der Waals surface area contributed by atoms with Crippen LogP contribution in [0, 0.1) is 5.41 Å². The standard InChI is InChI=1S/C11H22N2O3/c1-11(2,10(14)16-12-3)4-5-13-6-8-15-9-7-13/h12H,4-9H2,1-3H3. The van der Waals surface area contributed by atoms with E-state index in [1.807, 2.05) is 13.8 Å². The van der Waals surface area contributed by atoms with Crippen molar-refractivity contribution in [3.8, 4) is 0 Å². The molecule has 5 heteroatoms. The van der Waals surface area contributed by atoms with E-state index in [2.05, 4.69) is 10.4 Å². The molecule has 0 aromatic rings. The van der Waals surface area contributed by atoms with Gasteiger partial charge in [0.25, 0.3) is 0 Å². The molecule has 1 heterocycles. The molecule has 1 fully saturated rings. The van der Waals surface area contributed by atoms with Gasteiger partial charge in [-0.25, -0.2) is 4.79 Å². The van der Waals surface area contributed by atoms with E-state index in [0.29, 0.717) is 0 Å². The fraction of sp³-hybridized carbons (Fsp3) is 0.909. The second-order valence-corrected chi connectivity index (χ2v) is 4.68. The molecule has 0 atom stereocenters. The third-order valence-corrected chi connectivity index (χ3v) is 2.90. The first-order valence-electron chi connectivity index (χ1n) is 5.74. The number of nitrogens with one attached hydrogen (secondary N) is 1. The lowest BCUT2D eigenvalue weighted by molar-refractivity contribution is -0.161. The molecule has 0 aromatic heterocycles.